The van der Waals surface area contributed by atoms with Gasteiger partial charge in [-0.2, -0.15) is 0 Å². The van der Waals surface area contributed by atoms with E-state index in [4.69, 9.17) is 10.8 Å². The van der Waals surface area contributed by atoms with Crippen molar-refractivity contribution in [2.45, 2.75) is 6.42 Å². The maximum absolute atomic E-state index is 13.1. The van der Waals surface area contributed by atoms with E-state index in [9.17, 15) is 14.0 Å². The Kier molecular flexibility index (Phi) is 2.26. The summed E-state index contributed by atoms with van der Waals surface area (Å²) in [7, 11) is 0. The second-order valence-electron chi connectivity index (χ2n) is 3.62. The van der Waals surface area contributed by atoms with Gasteiger partial charge < -0.3 is 16.2 Å². The summed E-state index contributed by atoms with van der Waals surface area (Å²) >= 11 is 0. The van der Waals surface area contributed by atoms with E-state index < -0.39 is 23.6 Å². The third-order valence-corrected chi connectivity index (χ3v) is 2.52. The highest BCUT2D eigenvalue weighted by Crippen LogP contribution is 2.29. The molecule has 1 aromatic carbocycles. The Bertz CT molecular complexity index is 487. The zero-order valence-electron chi connectivity index (χ0n) is 8.16. The summed E-state index contributed by atoms with van der Waals surface area (Å²) in [4.78, 5) is 22.1. The lowest BCUT2D eigenvalue weighted by molar-refractivity contribution is -0.145. The topological polar surface area (TPSA) is 92.4 Å². The van der Waals surface area contributed by atoms with E-state index in [1.54, 1.807) is 0 Å². The Hall–Kier alpha value is -2.11. The molecule has 1 heterocycles. The summed E-state index contributed by atoms with van der Waals surface area (Å²) in [6.07, 6.45) is 0.0288. The highest BCUT2D eigenvalue weighted by atomic mass is 19.1. The minimum absolute atomic E-state index is 0.0288. The van der Waals surface area contributed by atoms with E-state index in [1.807, 2.05) is 0 Å². The van der Waals surface area contributed by atoms with E-state index in [-0.39, 0.29) is 17.8 Å². The predicted octanol–water partition coefficient (Wildman–Crippen LogP) is 0.603. The van der Waals surface area contributed by atoms with Crippen molar-refractivity contribution in [2.24, 2.45) is 5.92 Å². The van der Waals surface area contributed by atoms with E-state index >= 15 is 0 Å². The molecule has 0 saturated heterocycles. The number of halogens is 1. The third kappa shape index (κ3) is 1.58. The molecule has 0 bridgehead atoms. The smallest absolute Gasteiger partial charge is 0.316 e. The number of fused-ring (bicyclic) bond motifs is 1. The van der Waals surface area contributed by atoms with E-state index in [0.29, 0.717) is 5.56 Å². The second-order valence-corrected chi connectivity index (χ2v) is 3.62. The number of anilines is 2. The van der Waals surface area contributed by atoms with Crippen molar-refractivity contribution in [2.75, 3.05) is 11.1 Å². The average molecular weight is 224 g/mol. The fourth-order valence-corrected chi connectivity index (χ4v) is 1.65. The van der Waals surface area contributed by atoms with Crippen LogP contribution in [0.4, 0.5) is 15.8 Å². The molecule has 0 spiro atoms. The molecule has 16 heavy (non-hydrogen) atoms. The average Bonchev–Trinajstić information content (AvgIpc) is 2.19. The van der Waals surface area contributed by atoms with E-state index in [0.717, 1.165) is 6.07 Å². The minimum Gasteiger partial charge on any atom is -0.481 e. The summed E-state index contributed by atoms with van der Waals surface area (Å²) in [6, 6.07) is 2.45. The summed E-state index contributed by atoms with van der Waals surface area (Å²) < 4.78 is 13.1. The van der Waals surface area contributed by atoms with Gasteiger partial charge in [0.1, 0.15) is 11.7 Å². The molecule has 4 N–H and O–H groups in total. The van der Waals surface area contributed by atoms with Gasteiger partial charge in [0.15, 0.2) is 0 Å². The Labute approximate surface area is 90.1 Å². The van der Waals surface area contributed by atoms with Gasteiger partial charge in [-0.3, -0.25) is 9.59 Å². The number of carbonyl (C=O) groups is 2. The molecule has 84 valence electrons. The Morgan fingerprint density at radius 3 is 2.88 bits per heavy atom. The molecule has 0 radical (unpaired) electrons. The van der Waals surface area contributed by atoms with Gasteiger partial charge in [-0.25, -0.2) is 4.39 Å². The van der Waals surface area contributed by atoms with Crippen molar-refractivity contribution in [1.29, 1.82) is 0 Å². The van der Waals surface area contributed by atoms with Gasteiger partial charge in [-0.05, 0) is 24.1 Å². The van der Waals surface area contributed by atoms with Crippen molar-refractivity contribution < 1.29 is 19.1 Å². The van der Waals surface area contributed by atoms with Gasteiger partial charge in [-0.1, -0.05) is 0 Å². The van der Waals surface area contributed by atoms with Crippen LogP contribution >= 0.6 is 0 Å². The van der Waals surface area contributed by atoms with Crippen LogP contribution in [0.1, 0.15) is 5.56 Å². The summed E-state index contributed by atoms with van der Waals surface area (Å²) in [5, 5.41) is 11.1. The summed E-state index contributed by atoms with van der Waals surface area (Å²) in [5.74, 6) is -3.61. The summed E-state index contributed by atoms with van der Waals surface area (Å²) in [5.41, 5.74) is 6.13. The number of benzene rings is 1. The molecule has 1 aliphatic rings. The SMILES string of the molecule is Nc1cc2c(cc1F)NC(=O)C(C(=O)O)C2. The number of aliphatic carboxylic acids is 1. The molecule has 0 fully saturated rings. The van der Waals surface area contributed by atoms with Gasteiger partial charge in [0, 0.05) is 5.69 Å². The fraction of sp³-hybridized carbons (Fsp3) is 0.200. The first-order chi connectivity index (χ1) is 7.49. The molecule has 0 saturated carbocycles. The number of rotatable bonds is 1. The van der Waals surface area contributed by atoms with Crippen molar-refractivity contribution >= 4 is 23.3 Å². The number of nitrogens with two attached hydrogens (primary N) is 1. The summed E-state index contributed by atoms with van der Waals surface area (Å²) in [6.45, 7) is 0. The molecule has 0 aromatic heterocycles. The molecule has 6 heteroatoms. The monoisotopic (exact) mass is 224 g/mol. The molecular formula is C10H9FN2O3. The van der Waals surface area contributed by atoms with Crippen LogP contribution in [0.5, 0.6) is 0 Å². The molecule has 1 amide bonds. The molecule has 1 unspecified atom stereocenters. The predicted molar refractivity (Wildman–Crippen MR) is 54.3 cm³/mol. The zero-order chi connectivity index (χ0) is 11.9. The van der Waals surface area contributed by atoms with Crippen LogP contribution in [0.2, 0.25) is 0 Å². The minimum atomic E-state index is -1.20. The van der Waals surface area contributed by atoms with E-state index in [2.05, 4.69) is 5.32 Å². The quantitative estimate of drug-likeness (QED) is 0.481. The standard InChI is InChI=1S/C10H9FN2O3/c11-6-3-8-4(2-7(6)12)1-5(10(15)16)9(14)13-8/h2-3,5H,1,12H2,(H,13,14)(H,15,16). The molecule has 1 aromatic rings. The molecule has 0 aliphatic carbocycles. The van der Waals surface area contributed by atoms with Crippen LogP contribution in [0.3, 0.4) is 0 Å². The number of hydrogen-bond donors (Lipinski definition) is 3. The number of carboxylic acids is 1. The normalized spacial score (nSPS) is 18.8. The highest BCUT2D eigenvalue weighted by Gasteiger charge is 2.32. The zero-order valence-corrected chi connectivity index (χ0v) is 8.16. The number of carbonyl (C=O) groups excluding carboxylic acids is 1. The van der Waals surface area contributed by atoms with Crippen molar-refractivity contribution in [3.63, 3.8) is 0 Å². The van der Waals surface area contributed by atoms with Crippen LogP contribution in [-0.2, 0) is 16.0 Å². The number of hydrogen-bond acceptors (Lipinski definition) is 3. The lowest BCUT2D eigenvalue weighted by Crippen LogP contribution is -2.35. The van der Waals surface area contributed by atoms with Crippen LogP contribution < -0.4 is 11.1 Å². The lowest BCUT2D eigenvalue weighted by Gasteiger charge is -2.22. The van der Waals surface area contributed by atoms with Gasteiger partial charge in [0.25, 0.3) is 0 Å². The first kappa shape index (κ1) is 10.4. The van der Waals surface area contributed by atoms with Crippen molar-refractivity contribution in [3.05, 3.63) is 23.5 Å². The maximum Gasteiger partial charge on any atom is 0.316 e. The molecular weight excluding hydrogens is 215 g/mol. The molecule has 5 nitrogen and oxygen atoms in total. The Morgan fingerprint density at radius 2 is 2.25 bits per heavy atom. The largest absolute Gasteiger partial charge is 0.481 e. The van der Waals surface area contributed by atoms with Gasteiger partial charge >= 0.3 is 5.97 Å². The first-order valence-corrected chi connectivity index (χ1v) is 4.60. The van der Waals surface area contributed by atoms with Crippen molar-refractivity contribution in [1.82, 2.24) is 0 Å². The van der Waals surface area contributed by atoms with Crippen LogP contribution in [0.25, 0.3) is 0 Å². The lowest BCUT2D eigenvalue weighted by atomic mass is 9.93. The van der Waals surface area contributed by atoms with Crippen LogP contribution in [-0.4, -0.2) is 17.0 Å². The van der Waals surface area contributed by atoms with Crippen molar-refractivity contribution in [3.8, 4) is 0 Å². The first-order valence-electron chi connectivity index (χ1n) is 4.60. The number of carboxylic acid groups (broad SMARTS) is 1. The Morgan fingerprint density at radius 1 is 1.56 bits per heavy atom. The number of amides is 1. The van der Waals surface area contributed by atoms with Crippen LogP contribution in [0, 0.1) is 11.7 Å². The third-order valence-electron chi connectivity index (χ3n) is 2.52. The van der Waals surface area contributed by atoms with Gasteiger partial charge in [0.05, 0.1) is 5.69 Å². The fourth-order valence-electron chi connectivity index (χ4n) is 1.65. The Balaban J connectivity index is 2.43. The number of nitrogens with one attached hydrogen (secondary N) is 1. The van der Waals surface area contributed by atoms with Gasteiger partial charge in [0.2, 0.25) is 5.91 Å². The van der Waals surface area contributed by atoms with Crippen LogP contribution in [0.15, 0.2) is 12.1 Å². The molecule has 1 aliphatic heterocycles. The second kappa shape index (κ2) is 3.48. The van der Waals surface area contributed by atoms with E-state index in [1.165, 1.54) is 6.07 Å². The maximum atomic E-state index is 13.1. The highest BCUT2D eigenvalue weighted by molar-refractivity contribution is 6.06. The number of nitrogen functional groups attached to an aromatic ring is 1. The molecule has 1 atom stereocenters. The molecule has 2 rings (SSSR count). The van der Waals surface area contributed by atoms with Gasteiger partial charge in [-0.15, -0.1) is 0 Å².